The molecule has 0 aromatic rings. The third kappa shape index (κ3) is 2.69. The Bertz CT molecular complexity index is 377. The standard InChI is InChI=1S/C14H23NO4/c1-10-9-18-11(16)14(10)5-7-15(8-6-14)12(17)19-13(2,3)4/h10H,5-9H2,1-4H3. The molecule has 19 heavy (non-hydrogen) atoms. The van der Waals surface area contributed by atoms with Gasteiger partial charge in [-0.05, 0) is 33.6 Å². The largest absolute Gasteiger partial charge is 0.465 e. The first-order valence-electron chi connectivity index (χ1n) is 6.90. The number of nitrogens with zero attached hydrogens (tertiary/aromatic N) is 1. The molecule has 2 heterocycles. The van der Waals surface area contributed by atoms with Gasteiger partial charge in [-0.25, -0.2) is 4.79 Å². The van der Waals surface area contributed by atoms with Crippen molar-refractivity contribution in [3.05, 3.63) is 0 Å². The van der Waals surface area contributed by atoms with Crippen molar-refractivity contribution >= 4 is 12.1 Å². The summed E-state index contributed by atoms with van der Waals surface area (Å²) in [6.45, 7) is 9.24. The number of ether oxygens (including phenoxy) is 2. The molecule has 2 aliphatic rings. The molecule has 2 aliphatic heterocycles. The normalized spacial score (nSPS) is 26.4. The van der Waals surface area contributed by atoms with Crippen molar-refractivity contribution in [1.82, 2.24) is 4.90 Å². The van der Waals surface area contributed by atoms with Crippen LogP contribution in [0.4, 0.5) is 4.79 Å². The van der Waals surface area contributed by atoms with Gasteiger partial charge in [0.2, 0.25) is 0 Å². The minimum absolute atomic E-state index is 0.0937. The number of carbonyl (C=O) groups is 2. The Hall–Kier alpha value is -1.26. The third-order valence-corrected chi connectivity index (χ3v) is 4.12. The van der Waals surface area contributed by atoms with Crippen LogP contribution in [0.2, 0.25) is 0 Å². The predicted molar refractivity (Wildman–Crippen MR) is 69.6 cm³/mol. The van der Waals surface area contributed by atoms with E-state index in [1.165, 1.54) is 0 Å². The van der Waals surface area contributed by atoms with Crippen LogP contribution in [0.1, 0.15) is 40.5 Å². The smallest absolute Gasteiger partial charge is 0.410 e. The highest BCUT2D eigenvalue weighted by molar-refractivity contribution is 5.80. The molecule has 1 spiro atoms. The van der Waals surface area contributed by atoms with E-state index in [2.05, 4.69) is 0 Å². The van der Waals surface area contributed by atoms with E-state index in [9.17, 15) is 9.59 Å². The fourth-order valence-corrected chi connectivity index (χ4v) is 2.82. The van der Waals surface area contributed by atoms with E-state index < -0.39 is 5.60 Å². The van der Waals surface area contributed by atoms with Crippen LogP contribution in [0.3, 0.4) is 0 Å². The Morgan fingerprint density at radius 1 is 1.37 bits per heavy atom. The van der Waals surface area contributed by atoms with Crippen molar-refractivity contribution in [2.24, 2.45) is 11.3 Å². The van der Waals surface area contributed by atoms with Gasteiger partial charge in [-0.3, -0.25) is 4.79 Å². The summed E-state index contributed by atoms with van der Waals surface area (Å²) in [6.07, 6.45) is 1.06. The summed E-state index contributed by atoms with van der Waals surface area (Å²) < 4.78 is 10.5. The molecule has 0 aromatic heterocycles. The van der Waals surface area contributed by atoms with Crippen molar-refractivity contribution in [3.63, 3.8) is 0 Å². The molecule has 0 N–H and O–H groups in total. The van der Waals surface area contributed by atoms with E-state index in [4.69, 9.17) is 9.47 Å². The maximum atomic E-state index is 12.0. The van der Waals surface area contributed by atoms with Gasteiger partial charge in [0.25, 0.3) is 0 Å². The molecule has 0 aliphatic carbocycles. The van der Waals surface area contributed by atoms with Gasteiger partial charge in [0.1, 0.15) is 5.60 Å². The van der Waals surface area contributed by atoms with E-state index in [1.54, 1.807) is 4.90 Å². The summed E-state index contributed by atoms with van der Waals surface area (Å²) in [5.74, 6) is 0.143. The second-order valence-corrected chi connectivity index (χ2v) is 6.62. The zero-order valence-electron chi connectivity index (χ0n) is 12.2. The fourth-order valence-electron chi connectivity index (χ4n) is 2.82. The summed E-state index contributed by atoms with van der Waals surface area (Å²) in [5, 5.41) is 0. The van der Waals surface area contributed by atoms with Crippen molar-refractivity contribution < 1.29 is 19.1 Å². The predicted octanol–water partition coefficient (Wildman–Crippen LogP) is 2.20. The highest BCUT2D eigenvalue weighted by Crippen LogP contribution is 2.44. The number of piperidine rings is 1. The van der Waals surface area contributed by atoms with Gasteiger partial charge in [0, 0.05) is 19.0 Å². The van der Waals surface area contributed by atoms with Crippen LogP contribution in [0, 0.1) is 11.3 Å². The topological polar surface area (TPSA) is 55.8 Å². The fraction of sp³-hybridized carbons (Fsp3) is 0.857. The highest BCUT2D eigenvalue weighted by Gasteiger charge is 2.52. The van der Waals surface area contributed by atoms with E-state index >= 15 is 0 Å². The SMILES string of the molecule is CC1COC(=O)C12CCN(C(=O)OC(C)(C)C)CC2. The van der Waals surface area contributed by atoms with Crippen LogP contribution in [0.5, 0.6) is 0 Å². The second-order valence-electron chi connectivity index (χ2n) is 6.62. The number of likely N-dealkylation sites (tertiary alicyclic amines) is 1. The molecule has 0 bridgehead atoms. The summed E-state index contributed by atoms with van der Waals surface area (Å²) in [7, 11) is 0. The second kappa shape index (κ2) is 4.69. The number of carbonyl (C=O) groups excluding carboxylic acids is 2. The minimum atomic E-state index is -0.480. The highest BCUT2D eigenvalue weighted by atomic mass is 16.6. The third-order valence-electron chi connectivity index (χ3n) is 4.12. The van der Waals surface area contributed by atoms with E-state index in [-0.39, 0.29) is 23.4 Å². The monoisotopic (exact) mass is 269 g/mol. The summed E-state index contributed by atoms with van der Waals surface area (Å²) in [4.78, 5) is 25.6. The van der Waals surface area contributed by atoms with Gasteiger partial charge in [0.15, 0.2) is 0 Å². The minimum Gasteiger partial charge on any atom is -0.465 e. The molecular formula is C14H23NO4. The number of hydrogen-bond acceptors (Lipinski definition) is 4. The van der Waals surface area contributed by atoms with E-state index in [1.807, 2.05) is 27.7 Å². The zero-order chi connectivity index (χ0) is 14.3. The Balaban J connectivity index is 1.96. The molecule has 1 unspecified atom stereocenters. The average molecular weight is 269 g/mol. The Labute approximate surface area is 114 Å². The molecule has 2 saturated heterocycles. The van der Waals surface area contributed by atoms with Crippen molar-refractivity contribution in [2.75, 3.05) is 19.7 Å². The van der Waals surface area contributed by atoms with Crippen LogP contribution in [-0.4, -0.2) is 42.3 Å². The lowest BCUT2D eigenvalue weighted by Crippen LogP contribution is -2.48. The van der Waals surface area contributed by atoms with Crippen LogP contribution >= 0.6 is 0 Å². The van der Waals surface area contributed by atoms with E-state index in [0.29, 0.717) is 32.5 Å². The molecule has 1 amide bonds. The lowest BCUT2D eigenvalue weighted by molar-refractivity contribution is -0.149. The van der Waals surface area contributed by atoms with Gasteiger partial charge in [-0.1, -0.05) is 6.92 Å². The molecule has 0 radical (unpaired) electrons. The van der Waals surface area contributed by atoms with Gasteiger partial charge >= 0.3 is 12.1 Å². The molecule has 5 heteroatoms. The first-order chi connectivity index (χ1) is 8.74. The van der Waals surface area contributed by atoms with Crippen LogP contribution < -0.4 is 0 Å². The lowest BCUT2D eigenvalue weighted by Gasteiger charge is -2.39. The number of cyclic esters (lactones) is 1. The van der Waals surface area contributed by atoms with E-state index in [0.717, 1.165) is 0 Å². The maximum Gasteiger partial charge on any atom is 0.410 e. The first kappa shape index (κ1) is 14.2. The molecular weight excluding hydrogens is 246 g/mol. The Kier molecular flexibility index (Phi) is 3.49. The number of hydrogen-bond donors (Lipinski definition) is 0. The van der Waals surface area contributed by atoms with Crippen molar-refractivity contribution in [1.29, 1.82) is 0 Å². The quantitative estimate of drug-likeness (QED) is 0.633. The Morgan fingerprint density at radius 3 is 2.37 bits per heavy atom. The van der Waals surface area contributed by atoms with Crippen LogP contribution in [0.15, 0.2) is 0 Å². The molecule has 108 valence electrons. The average Bonchev–Trinajstić information content (AvgIpc) is 2.57. The number of rotatable bonds is 0. The molecule has 2 rings (SSSR count). The number of amides is 1. The molecule has 0 aromatic carbocycles. The number of esters is 1. The van der Waals surface area contributed by atoms with Gasteiger partial charge in [-0.2, -0.15) is 0 Å². The molecule has 0 saturated carbocycles. The molecule has 1 atom stereocenters. The van der Waals surface area contributed by atoms with Gasteiger partial charge in [0.05, 0.1) is 12.0 Å². The summed E-state index contributed by atoms with van der Waals surface area (Å²) >= 11 is 0. The molecule has 2 fully saturated rings. The van der Waals surface area contributed by atoms with Crippen molar-refractivity contribution in [3.8, 4) is 0 Å². The zero-order valence-corrected chi connectivity index (χ0v) is 12.2. The van der Waals surface area contributed by atoms with Crippen LogP contribution in [0.25, 0.3) is 0 Å². The summed E-state index contributed by atoms with van der Waals surface area (Å²) in [6, 6.07) is 0. The summed E-state index contributed by atoms with van der Waals surface area (Å²) in [5.41, 5.74) is -0.857. The van der Waals surface area contributed by atoms with Gasteiger partial charge in [-0.15, -0.1) is 0 Å². The first-order valence-corrected chi connectivity index (χ1v) is 6.90. The molecule has 5 nitrogen and oxygen atoms in total. The Morgan fingerprint density at radius 2 is 1.95 bits per heavy atom. The maximum absolute atomic E-state index is 12.0. The van der Waals surface area contributed by atoms with Gasteiger partial charge < -0.3 is 14.4 Å². The van der Waals surface area contributed by atoms with Crippen LogP contribution in [-0.2, 0) is 14.3 Å². The lowest BCUT2D eigenvalue weighted by atomic mass is 9.71. The van der Waals surface area contributed by atoms with Crippen molar-refractivity contribution in [2.45, 2.75) is 46.1 Å².